The van der Waals surface area contributed by atoms with Crippen LogP contribution in [0.15, 0.2) is 24.5 Å². The first kappa shape index (κ1) is 9.51. The van der Waals surface area contributed by atoms with E-state index in [0.717, 1.165) is 5.69 Å². The first-order chi connectivity index (χ1) is 6.24. The highest BCUT2D eigenvalue weighted by molar-refractivity contribution is 5.70. The Morgan fingerprint density at radius 1 is 1.54 bits per heavy atom. The van der Waals surface area contributed by atoms with E-state index in [9.17, 15) is 4.79 Å². The Morgan fingerprint density at radius 2 is 2.15 bits per heavy atom. The maximum absolute atomic E-state index is 10.9. The molecule has 1 aromatic rings. The Kier molecular flexibility index (Phi) is 3.25. The van der Waals surface area contributed by atoms with Crippen LogP contribution in [0, 0.1) is 0 Å². The van der Waals surface area contributed by atoms with Crippen molar-refractivity contribution in [2.45, 2.75) is 13.3 Å². The van der Waals surface area contributed by atoms with Crippen LogP contribution in [0.2, 0.25) is 0 Å². The molecule has 0 aliphatic heterocycles. The molecular weight excluding hydrogens is 168 g/mol. The summed E-state index contributed by atoms with van der Waals surface area (Å²) >= 11 is 0. The molecule has 70 valence electrons. The van der Waals surface area contributed by atoms with Crippen LogP contribution < -0.4 is 5.06 Å². The molecule has 4 nitrogen and oxygen atoms in total. The Balaban J connectivity index is 2.59. The van der Waals surface area contributed by atoms with Gasteiger partial charge in [0.15, 0.2) is 0 Å². The fraction of sp³-hybridized carbons (Fsp3) is 0.333. The van der Waals surface area contributed by atoms with Crippen molar-refractivity contribution in [3.05, 3.63) is 24.5 Å². The molecule has 1 aromatic heterocycles. The number of carbonyl (C=O) groups is 1. The first-order valence-electron chi connectivity index (χ1n) is 4.08. The zero-order valence-corrected chi connectivity index (χ0v) is 7.73. The van der Waals surface area contributed by atoms with Crippen molar-refractivity contribution in [3.8, 4) is 0 Å². The summed E-state index contributed by atoms with van der Waals surface area (Å²) in [6.45, 7) is 1.75. The molecule has 0 unspecified atom stereocenters. The van der Waals surface area contributed by atoms with Crippen LogP contribution >= 0.6 is 0 Å². The van der Waals surface area contributed by atoms with Gasteiger partial charge in [-0.2, -0.15) is 0 Å². The van der Waals surface area contributed by atoms with E-state index in [4.69, 9.17) is 4.84 Å². The van der Waals surface area contributed by atoms with Gasteiger partial charge in [0.2, 0.25) is 0 Å². The summed E-state index contributed by atoms with van der Waals surface area (Å²) in [6.07, 6.45) is 3.66. The lowest BCUT2D eigenvalue weighted by molar-refractivity contribution is -0.144. The highest BCUT2D eigenvalue weighted by atomic mass is 16.7. The fourth-order valence-corrected chi connectivity index (χ4v) is 0.824. The van der Waals surface area contributed by atoms with E-state index in [0.29, 0.717) is 6.42 Å². The van der Waals surface area contributed by atoms with Gasteiger partial charge in [-0.05, 0) is 12.1 Å². The smallest absolute Gasteiger partial charge is 0.332 e. The number of nitrogens with zero attached hydrogens (tertiary/aromatic N) is 2. The number of hydroxylamine groups is 1. The number of carbonyl (C=O) groups excluding carboxylic acids is 1. The van der Waals surface area contributed by atoms with Gasteiger partial charge < -0.3 is 4.84 Å². The minimum absolute atomic E-state index is 0.251. The van der Waals surface area contributed by atoms with Gasteiger partial charge in [-0.3, -0.25) is 4.98 Å². The summed E-state index contributed by atoms with van der Waals surface area (Å²) in [5.74, 6) is -0.251. The van der Waals surface area contributed by atoms with Gasteiger partial charge in [-0.1, -0.05) is 6.92 Å². The first-order valence-corrected chi connectivity index (χ1v) is 4.08. The number of pyridine rings is 1. The molecule has 0 aliphatic carbocycles. The lowest BCUT2D eigenvalue weighted by Crippen LogP contribution is -2.21. The van der Waals surface area contributed by atoms with Crippen molar-refractivity contribution in [1.82, 2.24) is 4.98 Å². The molecule has 0 bridgehead atoms. The van der Waals surface area contributed by atoms with Crippen LogP contribution in [-0.4, -0.2) is 18.0 Å². The quantitative estimate of drug-likeness (QED) is 0.659. The Morgan fingerprint density at radius 3 is 2.69 bits per heavy atom. The topological polar surface area (TPSA) is 42.4 Å². The normalized spacial score (nSPS) is 9.38. The Hall–Kier alpha value is -1.58. The molecule has 0 amide bonds. The second kappa shape index (κ2) is 4.45. The molecule has 0 N–H and O–H groups in total. The van der Waals surface area contributed by atoms with Crippen LogP contribution in [-0.2, 0) is 9.63 Å². The average Bonchev–Trinajstić information content (AvgIpc) is 2.19. The average molecular weight is 180 g/mol. The summed E-state index contributed by atoms with van der Waals surface area (Å²) in [6, 6.07) is 3.53. The van der Waals surface area contributed by atoms with Crippen molar-refractivity contribution in [1.29, 1.82) is 0 Å². The van der Waals surface area contributed by atoms with Crippen molar-refractivity contribution in [2.24, 2.45) is 0 Å². The van der Waals surface area contributed by atoms with Crippen LogP contribution in [0.1, 0.15) is 13.3 Å². The van der Waals surface area contributed by atoms with Gasteiger partial charge in [0.05, 0.1) is 5.69 Å². The van der Waals surface area contributed by atoms with Crippen LogP contribution in [0.3, 0.4) is 0 Å². The zero-order chi connectivity index (χ0) is 9.68. The third-order valence-corrected chi connectivity index (χ3v) is 1.55. The molecule has 1 heterocycles. The molecule has 4 heteroatoms. The SMILES string of the molecule is CCC(=O)ON(C)c1ccncc1. The number of aromatic nitrogens is 1. The maximum atomic E-state index is 10.9. The molecule has 0 saturated heterocycles. The van der Waals surface area contributed by atoms with Gasteiger partial charge in [-0.25, -0.2) is 9.86 Å². The van der Waals surface area contributed by atoms with Crippen LogP contribution in [0.25, 0.3) is 0 Å². The predicted octanol–water partition coefficient (Wildman–Crippen LogP) is 1.39. The standard InChI is InChI=1S/C9H12N2O2/c1-3-9(12)13-11(2)8-4-6-10-7-5-8/h4-7H,3H2,1-2H3. The number of hydrogen-bond donors (Lipinski definition) is 0. The Labute approximate surface area is 77.1 Å². The van der Waals surface area contributed by atoms with Crippen LogP contribution in [0.5, 0.6) is 0 Å². The lowest BCUT2D eigenvalue weighted by Gasteiger charge is -2.16. The van der Waals surface area contributed by atoms with Crippen molar-refractivity contribution in [2.75, 3.05) is 12.1 Å². The molecule has 0 radical (unpaired) electrons. The number of anilines is 1. The zero-order valence-electron chi connectivity index (χ0n) is 7.73. The molecule has 0 aromatic carbocycles. The minimum atomic E-state index is -0.251. The summed E-state index contributed by atoms with van der Waals surface area (Å²) < 4.78 is 0. The summed E-state index contributed by atoms with van der Waals surface area (Å²) in [4.78, 5) is 19.7. The predicted molar refractivity (Wildman–Crippen MR) is 49.0 cm³/mol. The number of rotatable bonds is 3. The third kappa shape index (κ3) is 2.74. The maximum Gasteiger partial charge on any atom is 0.332 e. The molecule has 0 fully saturated rings. The van der Waals surface area contributed by atoms with Gasteiger partial charge in [0.1, 0.15) is 0 Å². The summed E-state index contributed by atoms with van der Waals surface area (Å²) in [5.41, 5.74) is 0.803. The van der Waals surface area contributed by atoms with Gasteiger partial charge in [0.25, 0.3) is 0 Å². The van der Waals surface area contributed by atoms with E-state index in [1.54, 1.807) is 38.5 Å². The molecular formula is C9H12N2O2. The van der Waals surface area contributed by atoms with Gasteiger partial charge in [-0.15, -0.1) is 0 Å². The molecule has 0 saturated carbocycles. The lowest BCUT2D eigenvalue weighted by atomic mass is 10.4. The van der Waals surface area contributed by atoms with Crippen molar-refractivity contribution in [3.63, 3.8) is 0 Å². The van der Waals surface area contributed by atoms with E-state index in [1.807, 2.05) is 0 Å². The van der Waals surface area contributed by atoms with Gasteiger partial charge >= 0.3 is 5.97 Å². The molecule has 1 rings (SSSR count). The van der Waals surface area contributed by atoms with E-state index in [1.165, 1.54) is 5.06 Å². The molecule has 0 aliphatic rings. The highest BCUT2D eigenvalue weighted by Crippen LogP contribution is 2.10. The van der Waals surface area contributed by atoms with E-state index in [2.05, 4.69) is 4.98 Å². The van der Waals surface area contributed by atoms with Crippen molar-refractivity contribution >= 4 is 11.7 Å². The summed E-state index contributed by atoms with van der Waals surface area (Å²) in [7, 11) is 1.68. The second-order valence-corrected chi connectivity index (χ2v) is 2.52. The second-order valence-electron chi connectivity index (χ2n) is 2.52. The van der Waals surface area contributed by atoms with Gasteiger partial charge in [0, 0.05) is 25.9 Å². The van der Waals surface area contributed by atoms with E-state index >= 15 is 0 Å². The molecule has 0 spiro atoms. The fourth-order valence-electron chi connectivity index (χ4n) is 0.824. The number of hydrogen-bond acceptors (Lipinski definition) is 4. The minimum Gasteiger partial charge on any atom is -0.341 e. The largest absolute Gasteiger partial charge is 0.341 e. The Bertz CT molecular complexity index is 274. The van der Waals surface area contributed by atoms with E-state index < -0.39 is 0 Å². The third-order valence-electron chi connectivity index (χ3n) is 1.55. The van der Waals surface area contributed by atoms with E-state index in [-0.39, 0.29) is 5.97 Å². The van der Waals surface area contributed by atoms with Crippen molar-refractivity contribution < 1.29 is 9.63 Å². The highest BCUT2D eigenvalue weighted by Gasteiger charge is 2.05. The van der Waals surface area contributed by atoms with Crippen LogP contribution in [0.4, 0.5) is 5.69 Å². The molecule has 0 atom stereocenters. The summed E-state index contributed by atoms with van der Waals surface area (Å²) in [5, 5.41) is 1.42. The molecule has 13 heavy (non-hydrogen) atoms. The monoisotopic (exact) mass is 180 g/mol.